The van der Waals surface area contributed by atoms with Gasteiger partial charge in [0.1, 0.15) is 0 Å². The van der Waals surface area contributed by atoms with Gasteiger partial charge in [0.25, 0.3) is 0 Å². The Morgan fingerprint density at radius 1 is 0.697 bits per heavy atom. The zero-order valence-corrected chi connectivity index (χ0v) is 20.5. The standard InChI is InChI=1S/C28H23NO3.Na/c30-27(19-21-10-3-1-4-11-21)29(24-14-5-2-6-15-24)20-22-12-9-13-23(18-22)25-16-7-8-17-26(25)28(31)32;/h1-18H,19-20H2,(H,31,32);/q;+1/p-1. The van der Waals surface area contributed by atoms with E-state index < -0.39 is 5.97 Å². The van der Waals surface area contributed by atoms with Gasteiger partial charge in [0, 0.05) is 11.3 Å². The maximum atomic E-state index is 13.3. The van der Waals surface area contributed by atoms with Crippen LogP contribution >= 0.6 is 0 Å². The molecule has 4 aromatic carbocycles. The van der Waals surface area contributed by atoms with Crippen LogP contribution in [-0.2, 0) is 17.8 Å². The predicted molar refractivity (Wildman–Crippen MR) is 124 cm³/mol. The molecule has 0 saturated carbocycles. The van der Waals surface area contributed by atoms with Gasteiger partial charge in [0.05, 0.1) is 18.9 Å². The summed E-state index contributed by atoms with van der Waals surface area (Å²) < 4.78 is 0. The second kappa shape index (κ2) is 11.6. The molecule has 0 aromatic heterocycles. The van der Waals surface area contributed by atoms with E-state index in [9.17, 15) is 14.7 Å². The first-order valence-corrected chi connectivity index (χ1v) is 10.4. The van der Waals surface area contributed by atoms with Gasteiger partial charge >= 0.3 is 29.6 Å². The monoisotopic (exact) mass is 443 g/mol. The average molecular weight is 443 g/mol. The van der Waals surface area contributed by atoms with Crippen LogP contribution in [0.4, 0.5) is 5.69 Å². The molecule has 4 rings (SSSR count). The minimum atomic E-state index is -1.21. The van der Waals surface area contributed by atoms with Crippen LogP contribution in [0.2, 0.25) is 0 Å². The SMILES string of the molecule is O=C([O-])c1ccccc1-c1cccc(CN(C(=O)Cc2ccccc2)c2ccccc2)c1.[Na+]. The molecule has 0 aliphatic carbocycles. The van der Waals surface area contributed by atoms with E-state index in [4.69, 9.17) is 0 Å². The summed E-state index contributed by atoms with van der Waals surface area (Å²) in [6, 6.07) is 33.6. The third-order valence-corrected chi connectivity index (χ3v) is 5.29. The van der Waals surface area contributed by atoms with E-state index >= 15 is 0 Å². The summed E-state index contributed by atoms with van der Waals surface area (Å²) >= 11 is 0. The number of carboxylic acid groups (broad SMARTS) is 1. The van der Waals surface area contributed by atoms with Gasteiger partial charge in [-0.3, -0.25) is 4.79 Å². The third kappa shape index (κ3) is 6.20. The van der Waals surface area contributed by atoms with E-state index in [1.165, 1.54) is 6.07 Å². The minimum Gasteiger partial charge on any atom is -0.545 e. The molecular weight excluding hydrogens is 421 g/mol. The van der Waals surface area contributed by atoms with E-state index in [1.54, 1.807) is 23.1 Å². The molecule has 0 unspecified atom stereocenters. The van der Waals surface area contributed by atoms with Gasteiger partial charge < -0.3 is 14.8 Å². The van der Waals surface area contributed by atoms with Crippen molar-refractivity contribution in [2.75, 3.05) is 4.90 Å². The molecule has 0 fully saturated rings. The summed E-state index contributed by atoms with van der Waals surface area (Å²) in [6.45, 7) is 0.372. The molecule has 0 atom stereocenters. The number of hydrogen-bond donors (Lipinski definition) is 0. The zero-order valence-electron chi connectivity index (χ0n) is 18.5. The van der Waals surface area contributed by atoms with Crippen molar-refractivity contribution in [3.63, 3.8) is 0 Å². The zero-order chi connectivity index (χ0) is 22.3. The number of carbonyl (C=O) groups is 2. The fourth-order valence-corrected chi connectivity index (χ4v) is 3.73. The maximum Gasteiger partial charge on any atom is 1.00 e. The molecule has 0 heterocycles. The molecule has 0 bridgehead atoms. The fourth-order valence-electron chi connectivity index (χ4n) is 3.73. The van der Waals surface area contributed by atoms with Crippen molar-refractivity contribution < 1.29 is 44.3 Å². The molecule has 0 aliphatic heterocycles. The molecule has 158 valence electrons. The maximum absolute atomic E-state index is 13.3. The van der Waals surface area contributed by atoms with Gasteiger partial charge in [-0.25, -0.2) is 0 Å². The number of carboxylic acids is 1. The van der Waals surface area contributed by atoms with E-state index in [1.807, 2.05) is 84.9 Å². The molecule has 0 radical (unpaired) electrons. The van der Waals surface area contributed by atoms with Crippen molar-refractivity contribution in [3.8, 4) is 11.1 Å². The normalized spacial score (nSPS) is 10.2. The number of aromatic carboxylic acids is 1. The number of para-hydroxylation sites is 1. The van der Waals surface area contributed by atoms with Crippen LogP contribution in [0.25, 0.3) is 11.1 Å². The summed E-state index contributed by atoms with van der Waals surface area (Å²) in [4.78, 5) is 26.6. The molecule has 5 heteroatoms. The molecule has 4 nitrogen and oxygen atoms in total. The molecule has 0 aliphatic rings. The van der Waals surface area contributed by atoms with Crippen LogP contribution in [0.15, 0.2) is 109 Å². The molecule has 0 spiro atoms. The Bertz CT molecular complexity index is 1230. The van der Waals surface area contributed by atoms with Crippen LogP contribution in [-0.4, -0.2) is 11.9 Å². The second-order valence-electron chi connectivity index (χ2n) is 7.51. The number of anilines is 1. The topological polar surface area (TPSA) is 60.4 Å². The number of rotatable bonds is 7. The van der Waals surface area contributed by atoms with Crippen molar-refractivity contribution in [2.24, 2.45) is 0 Å². The Hall–Kier alpha value is -3.18. The molecule has 1 amide bonds. The molecule has 0 saturated heterocycles. The third-order valence-electron chi connectivity index (χ3n) is 5.29. The van der Waals surface area contributed by atoms with Crippen LogP contribution < -0.4 is 39.6 Å². The van der Waals surface area contributed by atoms with Crippen LogP contribution in [0, 0.1) is 0 Å². The fraction of sp³-hybridized carbons (Fsp3) is 0.0714. The van der Waals surface area contributed by atoms with Crippen LogP contribution in [0.3, 0.4) is 0 Å². The largest absolute Gasteiger partial charge is 1.00 e. The van der Waals surface area contributed by atoms with Gasteiger partial charge in [0.2, 0.25) is 5.91 Å². The number of amides is 1. The van der Waals surface area contributed by atoms with Crippen LogP contribution in [0.5, 0.6) is 0 Å². The van der Waals surface area contributed by atoms with Gasteiger partial charge in [0.15, 0.2) is 0 Å². The first-order valence-electron chi connectivity index (χ1n) is 10.4. The van der Waals surface area contributed by atoms with Crippen LogP contribution in [0.1, 0.15) is 21.5 Å². The second-order valence-corrected chi connectivity index (χ2v) is 7.51. The van der Waals surface area contributed by atoms with Gasteiger partial charge in [-0.1, -0.05) is 91.0 Å². The predicted octanol–water partition coefficient (Wildman–Crippen LogP) is 1.50. The Balaban J connectivity index is 0.00000306. The summed E-state index contributed by atoms with van der Waals surface area (Å²) in [5.74, 6) is -1.22. The van der Waals surface area contributed by atoms with Gasteiger partial charge in [-0.2, -0.15) is 0 Å². The van der Waals surface area contributed by atoms with Crippen molar-refractivity contribution in [1.29, 1.82) is 0 Å². The van der Waals surface area contributed by atoms with Crippen molar-refractivity contribution in [1.82, 2.24) is 0 Å². The van der Waals surface area contributed by atoms with E-state index in [-0.39, 0.29) is 41.0 Å². The molecular formula is C28H22NNaO3. The van der Waals surface area contributed by atoms with E-state index in [0.29, 0.717) is 18.5 Å². The smallest absolute Gasteiger partial charge is 0.545 e. The van der Waals surface area contributed by atoms with Crippen molar-refractivity contribution in [2.45, 2.75) is 13.0 Å². The quantitative estimate of drug-likeness (QED) is 0.407. The van der Waals surface area contributed by atoms with Gasteiger partial charge in [-0.05, 0) is 40.5 Å². The van der Waals surface area contributed by atoms with E-state index in [0.717, 1.165) is 22.4 Å². The number of hydrogen-bond acceptors (Lipinski definition) is 3. The summed E-state index contributed by atoms with van der Waals surface area (Å²) in [7, 11) is 0. The van der Waals surface area contributed by atoms with Gasteiger partial charge in [-0.15, -0.1) is 0 Å². The minimum absolute atomic E-state index is 0. The number of benzene rings is 4. The van der Waals surface area contributed by atoms with E-state index in [2.05, 4.69) is 0 Å². The first-order chi connectivity index (χ1) is 15.6. The summed E-state index contributed by atoms with van der Waals surface area (Å²) in [5, 5.41) is 11.5. The average Bonchev–Trinajstić information content (AvgIpc) is 2.84. The number of carbonyl (C=O) groups excluding carboxylic acids is 2. The Morgan fingerprint density at radius 2 is 1.30 bits per heavy atom. The Morgan fingerprint density at radius 3 is 2.00 bits per heavy atom. The Labute approximate surface area is 215 Å². The summed E-state index contributed by atoms with van der Waals surface area (Å²) in [6.07, 6.45) is 0.295. The summed E-state index contributed by atoms with van der Waals surface area (Å²) in [5.41, 5.74) is 4.18. The molecule has 4 aromatic rings. The van der Waals surface area contributed by atoms with Crippen molar-refractivity contribution >= 4 is 17.6 Å². The Kier molecular flexibility index (Phi) is 8.61. The molecule has 0 N–H and O–H groups in total. The first kappa shape index (κ1) is 24.5. The molecule has 33 heavy (non-hydrogen) atoms. The van der Waals surface area contributed by atoms with Crippen molar-refractivity contribution in [3.05, 3.63) is 126 Å². The number of nitrogens with zero attached hydrogens (tertiary/aromatic N) is 1.